The highest BCUT2D eigenvalue weighted by Crippen LogP contribution is 2.45. The first kappa shape index (κ1) is 55.6. The Morgan fingerprint density at radius 1 is 0.267 bits per heavy atom. The molecule has 12 aromatic carbocycles. The van der Waals surface area contributed by atoms with Crippen LogP contribution in [-0.4, -0.2) is 16.4 Å². The topological polar surface area (TPSA) is 117 Å². The van der Waals surface area contributed by atoms with Crippen LogP contribution in [0.2, 0.25) is 0 Å². The highest BCUT2D eigenvalue weighted by molar-refractivity contribution is 6.11. The predicted octanol–water partition coefficient (Wildman–Crippen LogP) is 17.9. The summed E-state index contributed by atoms with van der Waals surface area (Å²) in [6.07, 6.45) is 1.63. The molecule has 12 aromatic rings. The number of phenols is 2. The van der Waals surface area contributed by atoms with Crippen LogP contribution >= 0.6 is 0 Å². The third-order valence-corrected chi connectivity index (χ3v) is 14.4. The van der Waals surface area contributed by atoms with E-state index in [4.69, 9.17) is 38.2 Å². The second kappa shape index (κ2) is 27.0. The summed E-state index contributed by atoms with van der Waals surface area (Å²) in [5, 5.41) is 26.8. The van der Waals surface area contributed by atoms with Gasteiger partial charge in [0.1, 0.15) is 98.0 Å². The van der Waals surface area contributed by atoms with Gasteiger partial charge in [0.25, 0.3) is 0 Å². The lowest BCUT2D eigenvalue weighted by molar-refractivity contribution is 0.273. The number of phenolic OH excluding ortho intramolecular Hbond substituents is 2. The molecule has 0 aliphatic heterocycles. The van der Waals surface area contributed by atoms with Crippen molar-refractivity contribution in [1.29, 1.82) is 0 Å². The molecule has 0 bridgehead atoms. The minimum atomic E-state index is -0.0214. The summed E-state index contributed by atoms with van der Waals surface area (Å²) in [4.78, 5) is 4.95. The molecule has 2 N–H and O–H groups in total. The molecule has 12 rings (SSSR count). The Morgan fingerprint density at radius 2 is 0.605 bits per heavy atom. The van der Waals surface area contributed by atoms with Gasteiger partial charge in [0.15, 0.2) is 0 Å². The van der Waals surface area contributed by atoms with E-state index in [1.54, 1.807) is 30.5 Å². The number of nitrogens with zero attached hydrogens (tertiary/aromatic N) is 1. The molecule has 0 unspecified atom stereocenters. The van der Waals surface area contributed by atoms with Crippen LogP contribution in [0, 0.1) is 0 Å². The SMILES string of the molecule is Oc1cc(OCc2cc(OCc3cc(OCc4ccccc4)cc(OCc4ccccc4)c3)cc(OCc3cc(OCc4ccccc4)cc(OCc4ccccc4)c3)c2)ccc1C=Nc1ccc2ccccc2c1-c1c(O)ccc2ccccc12. The molecule has 0 fully saturated rings. The minimum absolute atomic E-state index is 0.0214. The maximum atomic E-state index is 11.5. The third-order valence-electron chi connectivity index (χ3n) is 14.4. The van der Waals surface area contributed by atoms with Crippen molar-refractivity contribution in [3.05, 3.63) is 311 Å². The summed E-state index contributed by atoms with van der Waals surface area (Å²) in [7, 11) is 0. The van der Waals surface area contributed by atoms with Gasteiger partial charge in [-0.05, 0) is 121 Å². The summed E-state index contributed by atoms with van der Waals surface area (Å²) < 4.78 is 45.0. The largest absolute Gasteiger partial charge is 0.507 e. The molecule has 0 atom stereocenters. The van der Waals surface area contributed by atoms with E-state index < -0.39 is 0 Å². The summed E-state index contributed by atoms with van der Waals surface area (Å²) in [6.45, 7) is 1.99. The predicted molar refractivity (Wildman–Crippen MR) is 339 cm³/mol. The molecule has 0 saturated carbocycles. The first-order valence-corrected chi connectivity index (χ1v) is 28.4. The van der Waals surface area contributed by atoms with Gasteiger partial charge in [-0.2, -0.15) is 0 Å². The number of benzene rings is 12. The van der Waals surface area contributed by atoms with Gasteiger partial charge in [0.2, 0.25) is 0 Å². The van der Waals surface area contributed by atoms with E-state index in [1.165, 1.54) is 0 Å². The Morgan fingerprint density at radius 3 is 1.00 bits per heavy atom. The summed E-state index contributed by atoms with van der Waals surface area (Å²) in [6, 6.07) is 86.2. The lowest BCUT2D eigenvalue weighted by atomic mass is 9.92. The Balaban J connectivity index is 0.810. The van der Waals surface area contributed by atoms with Crippen molar-refractivity contribution in [3.63, 3.8) is 0 Å². The number of aliphatic imine (C=N–C) groups is 1. The number of hydrogen-bond acceptors (Lipinski definition) is 10. The van der Waals surface area contributed by atoms with Crippen LogP contribution in [0.3, 0.4) is 0 Å². The Labute approximate surface area is 500 Å². The van der Waals surface area contributed by atoms with Crippen LogP contribution in [0.4, 0.5) is 5.69 Å². The van der Waals surface area contributed by atoms with Gasteiger partial charge < -0.3 is 43.4 Å². The molecule has 0 aliphatic rings. The van der Waals surface area contributed by atoms with Gasteiger partial charge in [-0.3, -0.25) is 4.99 Å². The van der Waals surface area contributed by atoms with Crippen LogP contribution in [0.5, 0.6) is 51.7 Å². The van der Waals surface area contributed by atoms with Crippen molar-refractivity contribution >= 4 is 33.4 Å². The Bertz CT molecular complexity index is 3990. The molecule has 424 valence electrons. The third kappa shape index (κ3) is 14.4. The molecule has 0 radical (unpaired) electrons. The van der Waals surface area contributed by atoms with Crippen LogP contribution in [0.15, 0.2) is 272 Å². The summed E-state index contributed by atoms with van der Waals surface area (Å²) in [5.74, 6) is 4.22. The fourth-order valence-electron chi connectivity index (χ4n) is 10.1. The van der Waals surface area contributed by atoms with Crippen molar-refractivity contribution in [2.45, 2.75) is 46.2 Å². The summed E-state index contributed by atoms with van der Waals surface area (Å²) in [5.41, 5.74) is 9.19. The van der Waals surface area contributed by atoms with E-state index in [9.17, 15) is 10.2 Å². The molecule has 0 saturated heterocycles. The monoisotopic (exact) mass is 1130 g/mol. The Hall–Kier alpha value is -11.0. The first-order chi connectivity index (χ1) is 42.4. The average molecular weight is 1130 g/mol. The molecular weight excluding hydrogens is 1070 g/mol. The zero-order valence-corrected chi connectivity index (χ0v) is 47.1. The van der Waals surface area contributed by atoms with Gasteiger partial charge in [0.05, 0.1) is 5.69 Å². The number of aromatic hydroxyl groups is 2. The van der Waals surface area contributed by atoms with E-state index in [0.29, 0.717) is 83.5 Å². The van der Waals surface area contributed by atoms with Crippen LogP contribution in [0.25, 0.3) is 32.7 Å². The minimum Gasteiger partial charge on any atom is -0.507 e. The van der Waals surface area contributed by atoms with Crippen molar-refractivity contribution in [3.8, 4) is 62.9 Å². The molecule has 10 nitrogen and oxygen atoms in total. The van der Waals surface area contributed by atoms with Gasteiger partial charge in [-0.1, -0.05) is 182 Å². The molecule has 10 heteroatoms. The highest BCUT2D eigenvalue weighted by atomic mass is 16.5. The second-order valence-corrected chi connectivity index (χ2v) is 20.7. The van der Waals surface area contributed by atoms with Crippen molar-refractivity contribution < 1.29 is 43.4 Å². The maximum Gasteiger partial charge on any atom is 0.128 e. The first-order valence-electron chi connectivity index (χ1n) is 28.4. The molecular formula is C76H61NO9. The zero-order valence-electron chi connectivity index (χ0n) is 47.1. The smallest absolute Gasteiger partial charge is 0.128 e. The van der Waals surface area contributed by atoms with Crippen molar-refractivity contribution in [1.82, 2.24) is 0 Å². The highest BCUT2D eigenvalue weighted by Gasteiger charge is 2.18. The fraction of sp³-hybridized carbons (Fsp3) is 0.0921. The van der Waals surface area contributed by atoms with Crippen LogP contribution < -0.4 is 33.2 Å². The van der Waals surface area contributed by atoms with Gasteiger partial charge >= 0.3 is 0 Å². The molecule has 0 aliphatic carbocycles. The molecule has 0 heterocycles. The van der Waals surface area contributed by atoms with E-state index in [1.807, 2.05) is 243 Å². The van der Waals surface area contributed by atoms with E-state index in [2.05, 4.69) is 0 Å². The van der Waals surface area contributed by atoms with Gasteiger partial charge in [-0.25, -0.2) is 0 Å². The standard InChI is InChI=1S/C76H61NO9/c78-73-34-31-61-26-14-16-28-71(61)76(73)75-70-27-15-13-25-60(70)30-33-72(75)77-45-62-29-32-63(44-74(62)79)80-50-57-35-68(85-51-58-37-64(81-46-53-17-5-1-6-18-53)41-65(38-58)82-47-54-19-7-2-8-20-54)43-69(36-57)86-52-59-39-66(83-48-55-21-9-3-10-22-55)42-67(40-59)84-49-56-23-11-4-12-24-56/h1-45,78-79H,46-52H2. The fourth-order valence-corrected chi connectivity index (χ4v) is 10.1. The molecule has 0 amide bonds. The van der Waals surface area contributed by atoms with Crippen molar-refractivity contribution in [2.75, 3.05) is 0 Å². The van der Waals surface area contributed by atoms with E-state index in [-0.39, 0.29) is 31.3 Å². The average Bonchev–Trinajstić information content (AvgIpc) is 1.25. The molecule has 0 spiro atoms. The van der Waals surface area contributed by atoms with Crippen LogP contribution in [0.1, 0.15) is 44.5 Å². The molecule has 0 aromatic heterocycles. The second-order valence-electron chi connectivity index (χ2n) is 20.7. The van der Waals surface area contributed by atoms with Crippen LogP contribution in [-0.2, 0) is 46.2 Å². The van der Waals surface area contributed by atoms with Gasteiger partial charge in [-0.15, -0.1) is 0 Å². The molecule has 86 heavy (non-hydrogen) atoms. The Kier molecular flexibility index (Phi) is 17.4. The number of rotatable bonds is 24. The zero-order chi connectivity index (χ0) is 58.3. The summed E-state index contributed by atoms with van der Waals surface area (Å²) >= 11 is 0. The number of hydrogen-bond donors (Lipinski definition) is 2. The lowest BCUT2D eigenvalue weighted by Gasteiger charge is -2.16. The maximum absolute atomic E-state index is 11.5. The number of fused-ring (bicyclic) bond motifs is 2. The quantitative estimate of drug-likeness (QED) is 0.0570. The number of ether oxygens (including phenoxy) is 7. The van der Waals surface area contributed by atoms with Crippen molar-refractivity contribution in [2.24, 2.45) is 4.99 Å². The lowest BCUT2D eigenvalue weighted by Crippen LogP contribution is -2.04. The van der Waals surface area contributed by atoms with E-state index in [0.717, 1.165) is 66.1 Å². The van der Waals surface area contributed by atoms with E-state index >= 15 is 0 Å². The van der Waals surface area contributed by atoms with Gasteiger partial charge in [0, 0.05) is 47.2 Å². The normalized spacial score (nSPS) is 11.2.